The lowest BCUT2D eigenvalue weighted by atomic mass is 10.1. The molecule has 0 radical (unpaired) electrons. The van der Waals surface area contributed by atoms with Crippen molar-refractivity contribution in [3.63, 3.8) is 0 Å². The highest BCUT2D eigenvalue weighted by atomic mass is 16.5. The lowest BCUT2D eigenvalue weighted by Crippen LogP contribution is -2.20. The van der Waals surface area contributed by atoms with Crippen LogP contribution in [0, 0.1) is 0 Å². The van der Waals surface area contributed by atoms with Gasteiger partial charge in [-0.05, 0) is 0 Å². The molecule has 0 spiro atoms. The van der Waals surface area contributed by atoms with Gasteiger partial charge in [0.1, 0.15) is 6.73 Å². The third-order valence-corrected chi connectivity index (χ3v) is 1.44. The van der Waals surface area contributed by atoms with Crippen molar-refractivity contribution in [2.75, 3.05) is 6.73 Å². The van der Waals surface area contributed by atoms with E-state index in [0.29, 0.717) is 5.56 Å². The first-order chi connectivity index (χ1) is 6.25. The van der Waals surface area contributed by atoms with Crippen molar-refractivity contribution in [2.45, 2.75) is 0 Å². The maximum atomic E-state index is 11.2. The van der Waals surface area contributed by atoms with Gasteiger partial charge in [-0.2, -0.15) is 0 Å². The van der Waals surface area contributed by atoms with Crippen molar-refractivity contribution >= 4 is 11.8 Å². The molecular weight excluding hydrogens is 170 g/mol. The number of ketones is 1. The second kappa shape index (κ2) is 4.37. The lowest BCUT2D eigenvalue weighted by Gasteiger charge is -1.99. The molecule has 0 heterocycles. The van der Waals surface area contributed by atoms with E-state index in [-0.39, 0.29) is 6.73 Å². The second-order valence-electron chi connectivity index (χ2n) is 2.29. The number of rotatable bonds is 3. The molecule has 0 aliphatic carbocycles. The van der Waals surface area contributed by atoms with Gasteiger partial charge in [-0.15, -0.1) is 0 Å². The fourth-order valence-corrected chi connectivity index (χ4v) is 0.849. The van der Waals surface area contributed by atoms with Crippen LogP contribution in [0.15, 0.2) is 30.3 Å². The first-order valence-electron chi connectivity index (χ1n) is 3.72. The molecule has 0 unspecified atom stereocenters. The summed E-state index contributed by atoms with van der Waals surface area (Å²) in [6.07, 6.45) is 0. The van der Waals surface area contributed by atoms with Gasteiger partial charge in [0.05, 0.1) is 0 Å². The monoisotopic (exact) mass is 179 g/mol. The normalized spacial score (nSPS) is 9.31. The van der Waals surface area contributed by atoms with Gasteiger partial charge in [0.25, 0.3) is 5.78 Å². The Kier molecular flexibility index (Phi) is 3.16. The van der Waals surface area contributed by atoms with E-state index < -0.39 is 11.8 Å². The molecule has 4 heteroatoms. The highest BCUT2D eigenvalue weighted by Gasteiger charge is 2.16. The van der Waals surface area contributed by atoms with Crippen molar-refractivity contribution in [1.29, 1.82) is 0 Å². The van der Waals surface area contributed by atoms with E-state index in [9.17, 15) is 9.59 Å². The molecule has 13 heavy (non-hydrogen) atoms. The Morgan fingerprint density at radius 1 is 1.23 bits per heavy atom. The summed E-state index contributed by atoms with van der Waals surface area (Å²) in [4.78, 5) is 22.1. The predicted octanol–water partition coefficient (Wildman–Crippen LogP) is 0.329. The zero-order valence-electron chi connectivity index (χ0n) is 6.90. The van der Waals surface area contributed by atoms with Crippen molar-refractivity contribution in [3.05, 3.63) is 35.9 Å². The quantitative estimate of drug-likeness (QED) is 0.314. The average Bonchev–Trinajstić information content (AvgIpc) is 2.18. The summed E-state index contributed by atoms with van der Waals surface area (Å²) >= 11 is 0. The first-order valence-corrected chi connectivity index (χ1v) is 3.72. The summed E-state index contributed by atoms with van der Waals surface area (Å²) in [6.45, 7) is -0.280. The summed E-state index contributed by atoms with van der Waals surface area (Å²) in [5.74, 6) is -1.60. The number of hydrogen-bond acceptors (Lipinski definition) is 4. The van der Waals surface area contributed by atoms with Crippen molar-refractivity contribution < 1.29 is 14.3 Å². The molecule has 0 aliphatic heterocycles. The Labute approximate surface area is 75.3 Å². The molecule has 0 aromatic heterocycles. The van der Waals surface area contributed by atoms with E-state index in [4.69, 9.17) is 5.73 Å². The van der Waals surface area contributed by atoms with E-state index in [0.717, 1.165) is 0 Å². The number of esters is 1. The Balaban J connectivity index is 2.74. The van der Waals surface area contributed by atoms with Crippen LogP contribution in [0.5, 0.6) is 0 Å². The number of hydrogen-bond donors (Lipinski definition) is 1. The maximum Gasteiger partial charge on any atom is 0.380 e. The maximum absolute atomic E-state index is 11.2. The van der Waals surface area contributed by atoms with E-state index in [2.05, 4.69) is 4.74 Å². The van der Waals surface area contributed by atoms with Crippen LogP contribution in [0.2, 0.25) is 0 Å². The van der Waals surface area contributed by atoms with Gasteiger partial charge in [0.15, 0.2) is 0 Å². The van der Waals surface area contributed by atoms with Gasteiger partial charge >= 0.3 is 5.97 Å². The predicted molar refractivity (Wildman–Crippen MR) is 45.9 cm³/mol. The molecule has 1 aromatic carbocycles. The van der Waals surface area contributed by atoms with Gasteiger partial charge < -0.3 is 4.74 Å². The molecule has 0 saturated carbocycles. The van der Waals surface area contributed by atoms with Crippen LogP contribution in [0.4, 0.5) is 0 Å². The Morgan fingerprint density at radius 2 is 1.85 bits per heavy atom. The van der Waals surface area contributed by atoms with Gasteiger partial charge in [0.2, 0.25) is 0 Å². The summed E-state index contributed by atoms with van der Waals surface area (Å²) < 4.78 is 4.35. The number of Topliss-reactive ketones (excluding diaryl/α,β-unsaturated/α-hetero) is 1. The molecule has 0 amide bonds. The van der Waals surface area contributed by atoms with Crippen LogP contribution in [0.1, 0.15) is 10.4 Å². The molecule has 1 aromatic rings. The molecule has 4 nitrogen and oxygen atoms in total. The minimum atomic E-state index is -0.922. The fourth-order valence-electron chi connectivity index (χ4n) is 0.849. The molecule has 68 valence electrons. The highest BCUT2D eigenvalue weighted by Crippen LogP contribution is 2.00. The van der Waals surface area contributed by atoms with Crippen molar-refractivity contribution in [1.82, 2.24) is 0 Å². The van der Waals surface area contributed by atoms with Crippen LogP contribution in [-0.2, 0) is 9.53 Å². The molecule has 0 bridgehead atoms. The van der Waals surface area contributed by atoms with Gasteiger partial charge in [-0.3, -0.25) is 10.5 Å². The summed E-state index contributed by atoms with van der Waals surface area (Å²) in [6, 6.07) is 8.18. The standard InChI is InChI=1S/C9H9NO3/c10-6-13-9(12)8(11)7-4-2-1-3-5-7/h1-5H,6,10H2. The third-order valence-electron chi connectivity index (χ3n) is 1.44. The molecule has 0 aliphatic rings. The lowest BCUT2D eigenvalue weighted by molar-refractivity contribution is -0.137. The van der Waals surface area contributed by atoms with Crippen LogP contribution < -0.4 is 5.73 Å². The van der Waals surface area contributed by atoms with Gasteiger partial charge in [0, 0.05) is 5.56 Å². The number of carbonyl (C=O) groups excluding carboxylic acids is 2. The molecule has 0 saturated heterocycles. The molecule has 2 N–H and O–H groups in total. The van der Waals surface area contributed by atoms with Crippen LogP contribution in [-0.4, -0.2) is 18.5 Å². The second-order valence-corrected chi connectivity index (χ2v) is 2.29. The van der Waals surface area contributed by atoms with Crippen LogP contribution in [0.3, 0.4) is 0 Å². The van der Waals surface area contributed by atoms with Crippen molar-refractivity contribution in [3.8, 4) is 0 Å². The molecular formula is C9H9NO3. The largest absolute Gasteiger partial charge is 0.444 e. The average molecular weight is 179 g/mol. The number of ether oxygens (including phenoxy) is 1. The molecule has 0 atom stereocenters. The first kappa shape index (κ1) is 9.41. The summed E-state index contributed by atoms with van der Waals surface area (Å²) in [5.41, 5.74) is 5.26. The third kappa shape index (κ3) is 2.38. The number of nitrogens with two attached hydrogens (primary N) is 1. The Bertz CT molecular complexity index is 308. The minimum absolute atomic E-state index is 0.280. The van der Waals surface area contributed by atoms with E-state index >= 15 is 0 Å². The Morgan fingerprint density at radius 3 is 2.38 bits per heavy atom. The zero-order valence-corrected chi connectivity index (χ0v) is 6.90. The van der Waals surface area contributed by atoms with Crippen LogP contribution in [0.25, 0.3) is 0 Å². The highest BCUT2D eigenvalue weighted by molar-refractivity contribution is 6.40. The van der Waals surface area contributed by atoms with E-state index in [1.807, 2.05) is 0 Å². The van der Waals surface area contributed by atoms with Gasteiger partial charge in [-0.1, -0.05) is 30.3 Å². The smallest absolute Gasteiger partial charge is 0.380 e. The van der Waals surface area contributed by atoms with E-state index in [1.165, 1.54) is 0 Å². The summed E-state index contributed by atoms with van der Waals surface area (Å²) in [5, 5.41) is 0. The minimum Gasteiger partial charge on any atom is -0.444 e. The summed E-state index contributed by atoms with van der Waals surface area (Å²) in [7, 11) is 0. The molecule has 1 rings (SSSR count). The van der Waals surface area contributed by atoms with Gasteiger partial charge in [-0.25, -0.2) is 4.79 Å². The fraction of sp³-hybridized carbons (Fsp3) is 0.111. The number of benzene rings is 1. The molecule has 0 fully saturated rings. The Hall–Kier alpha value is -1.68. The van der Waals surface area contributed by atoms with E-state index in [1.54, 1.807) is 30.3 Å². The zero-order chi connectivity index (χ0) is 9.68. The number of carbonyl (C=O) groups is 2. The SMILES string of the molecule is NCOC(=O)C(=O)c1ccccc1. The van der Waals surface area contributed by atoms with Crippen LogP contribution >= 0.6 is 0 Å². The topological polar surface area (TPSA) is 69.4 Å². The van der Waals surface area contributed by atoms with Crippen molar-refractivity contribution in [2.24, 2.45) is 5.73 Å².